The monoisotopic (exact) mass is 270 g/mol. The van der Waals surface area contributed by atoms with Gasteiger partial charge in [0, 0.05) is 37.3 Å². The molecule has 0 aromatic heterocycles. The van der Waals surface area contributed by atoms with E-state index in [2.05, 4.69) is 16.1 Å². The molecular formula is C14H14N4O2. The lowest BCUT2D eigenvalue weighted by atomic mass is 10.0. The van der Waals surface area contributed by atoms with Gasteiger partial charge in [-0.25, -0.2) is 10.1 Å². The van der Waals surface area contributed by atoms with Gasteiger partial charge in [0.25, 0.3) is 0 Å². The second kappa shape index (κ2) is 6.61. The molecule has 0 saturated heterocycles. The summed E-state index contributed by atoms with van der Waals surface area (Å²) in [6.45, 7) is 0.502. The summed E-state index contributed by atoms with van der Waals surface area (Å²) >= 11 is 0. The molecule has 6 heteroatoms. The summed E-state index contributed by atoms with van der Waals surface area (Å²) in [5, 5.41) is 28.0. The highest BCUT2D eigenvalue weighted by Gasteiger charge is 2.12. The lowest BCUT2D eigenvalue weighted by Gasteiger charge is -2.13. The van der Waals surface area contributed by atoms with Gasteiger partial charge in [0.1, 0.15) is 6.07 Å². The van der Waals surface area contributed by atoms with E-state index in [0.717, 1.165) is 16.2 Å². The van der Waals surface area contributed by atoms with Crippen LogP contribution in [0.4, 0.5) is 0 Å². The molecule has 0 aromatic rings. The summed E-state index contributed by atoms with van der Waals surface area (Å²) in [5.41, 5.74) is 2.02. The Morgan fingerprint density at radius 3 is 2.70 bits per heavy atom. The first-order valence-electron chi connectivity index (χ1n) is 6.14. The molecule has 20 heavy (non-hydrogen) atoms. The van der Waals surface area contributed by atoms with Crippen molar-refractivity contribution in [1.82, 2.24) is 5.06 Å². The number of allylic oxidation sites excluding steroid dienone is 5. The zero-order valence-electron chi connectivity index (χ0n) is 10.8. The maximum atomic E-state index is 9.18. The van der Waals surface area contributed by atoms with Gasteiger partial charge in [0.05, 0.1) is 5.57 Å². The quantitative estimate of drug-likeness (QED) is 0.757. The van der Waals surface area contributed by atoms with Gasteiger partial charge in [-0.3, -0.25) is 10.2 Å². The molecule has 0 bridgehead atoms. The van der Waals surface area contributed by atoms with E-state index in [4.69, 9.17) is 10.4 Å². The third kappa shape index (κ3) is 3.29. The molecule has 0 fully saturated rings. The molecule has 0 aromatic carbocycles. The van der Waals surface area contributed by atoms with Crippen LogP contribution in [-0.2, 0) is 0 Å². The first-order chi connectivity index (χ1) is 9.74. The Labute approximate surface area is 116 Å². The fourth-order valence-corrected chi connectivity index (χ4v) is 1.69. The summed E-state index contributed by atoms with van der Waals surface area (Å²) in [6, 6.07) is 2.07. The average molecular weight is 270 g/mol. The highest BCUT2D eigenvalue weighted by Crippen LogP contribution is 2.18. The van der Waals surface area contributed by atoms with Crippen LogP contribution in [-0.4, -0.2) is 40.6 Å². The fraction of sp³-hybridized carbons (Fsp3) is 0.214. The number of hydroxylamine groups is 2. The zero-order valence-corrected chi connectivity index (χ0v) is 10.8. The molecule has 102 valence electrons. The minimum absolute atomic E-state index is 0.0641. The van der Waals surface area contributed by atoms with Crippen LogP contribution in [0, 0.1) is 11.3 Å². The SMILES string of the molecule is N#CC1=CC(=C2C=CN(O)C=C2)C=NC1=NCCCO. The van der Waals surface area contributed by atoms with Crippen molar-refractivity contribution in [2.24, 2.45) is 9.98 Å². The smallest absolute Gasteiger partial charge is 0.165 e. The van der Waals surface area contributed by atoms with E-state index in [1.165, 1.54) is 12.4 Å². The summed E-state index contributed by atoms with van der Waals surface area (Å²) < 4.78 is 0. The summed E-state index contributed by atoms with van der Waals surface area (Å²) in [6.07, 6.45) is 10.3. The van der Waals surface area contributed by atoms with E-state index in [1.54, 1.807) is 24.4 Å². The normalized spacial score (nSPS) is 19.6. The van der Waals surface area contributed by atoms with Crippen molar-refractivity contribution in [2.45, 2.75) is 6.42 Å². The van der Waals surface area contributed by atoms with Crippen LogP contribution in [0.2, 0.25) is 0 Å². The molecule has 2 N–H and O–H groups in total. The van der Waals surface area contributed by atoms with E-state index in [0.29, 0.717) is 24.4 Å². The Morgan fingerprint density at radius 1 is 1.30 bits per heavy atom. The van der Waals surface area contributed by atoms with Crippen molar-refractivity contribution in [3.8, 4) is 6.07 Å². The largest absolute Gasteiger partial charge is 0.396 e. The van der Waals surface area contributed by atoms with Gasteiger partial charge in [-0.2, -0.15) is 5.26 Å². The van der Waals surface area contributed by atoms with Crippen molar-refractivity contribution >= 4 is 12.1 Å². The van der Waals surface area contributed by atoms with Crippen LogP contribution in [0.25, 0.3) is 0 Å². The van der Waals surface area contributed by atoms with E-state index >= 15 is 0 Å². The number of nitriles is 1. The minimum Gasteiger partial charge on any atom is -0.396 e. The molecule has 0 radical (unpaired) electrons. The average Bonchev–Trinajstić information content (AvgIpc) is 2.48. The molecule has 6 nitrogen and oxygen atoms in total. The number of aliphatic imine (C=N–C) groups is 2. The van der Waals surface area contributed by atoms with Crippen molar-refractivity contribution in [3.05, 3.63) is 47.3 Å². The minimum atomic E-state index is 0.0641. The highest BCUT2D eigenvalue weighted by molar-refractivity contribution is 6.12. The zero-order chi connectivity index (χ0) is 14.4. The Hall–Kier alpha value is -2.49. The second-order valence-corrected chi connectivity index (χ2v) is 4.13. The van der Waals surface area contributed by atoms with Crippen LogP contribution in [0.3, 0.4) is 0 Å². The predicted molar refractivity (Wildman–Crippen MR) is 75.1 cm³/mol. The second-order valence-electron chi connectivity index (χ2n) is 4.13. The number of aliphatic hydroxyl groups is 1. The van der Waals surface area contributed by atoms with Gasteiger partial charge in [0.2, 0.25) is 0 Å². The van der Waals surface area contributed by atoms with Crippen molar-refractivity contribution < 1.29 is 10.3 Å². The molecule has 0 unspecified atom stereocenters. The molecule has 0 aliphatic carbocycles. The van der Waals surface area contributed by atoms with E-state index in [9.17, 15) is 5.21 Å². The van der Waals surface area contributed by atoms with Crippen LogP contribution >= 0.6 is 0 Å². The molecule has 0 spiro atoms. The third-order valence-electron chi connectivity index (χ3n) is 2.71. The molecule has 0 atom stereocenters. The van der Waals surface area contributed by atoms with Gasteiger partial charge in [-0.15, -0.1) is 0 Å². The van der Waals surface area contributed by atoms with Gasteiger partial charge in [0.15, 0.2) is 5.84 Å². The molecule has 2 aliphatic rings. The number of aliphatic hydroxyl groups excluding tert-OH is 1. The Morgan fingerprint density at radius 2 is 2.05 bits per heavy atom. The van der Waals surface area contributed by atoms with Crippen molar-refractivity contribution in [3.63, 3.8) is 0 Å². The van der Waals surface area contributed by atoms with Crippen molar-refractivity contribution in [2.75, 3.05) is 13.2 Å². The molecule has 2 aliphatic heterocycles. The number of dihydropyridines is 1. The topological polar surface area (TPSA) is 92.2 Å². The van der Waals surface area contributed by atoms with Crippen molar-refractivity contribution in [1.29, 1.82) is 5.26 Å². The third-order valence-corrected chi connectivity index (χ3v) is 2.71. The number of amidine groups is 1. The van der Waals surface area contributed by atoms with Crippen LogP contribution < -0.4 is 0 Å². The summed E-state index contributed by atoms with van der Waals surface area (Å²) in [4.78, 5) is 8.36. The van der Waals surface area contributed by atoms with Gasteiger partial charge >= 0.3 is 0 Å². The van der Waals surface area contributed by atoms with Gasteiger partial charge < -0.3 is 5.11 Å². The standard InChI is InChI=1S/C14H14N4O2/c15-9-12-8-13(11-2-5-18(20)6-3-11)10-17-14(12)16-4-1-7-19/h2-3,5-6,8,10,19-20H,1,4,7H2. The Balaban J connectivity index is 2.25. The first kappa shape index (κ1) is 13.9. The van der Waals surface area contributed by atoms with Crippen LogP contribution in [0.15, 0.2) is 57.3 Å². The molecule has 2 rings (SSSR count). The molecule has 0 saturated carbocycles. The number of rotatable bonds is 3. The Kier molecular flexibility index (Phi) is 4.60. The maximum Gasteiger partial charge on any atom is 0.165 e. The first-order valence-corrected chi connectivity index (χ1v) is 6.14. The van der Waals surface area contributed by atoms with E-state index in [-0.39, 0.29) is 6.61 Å². The highest BCUT2D eigenvalue weighted by atomic mass is 16.5. The number of nitrogens with zero attached hydrogens (tertiary/aromatic N) is 4. The van der Waals surface area contributed by atoms with Gasteiger partial charge in [-0.05, 0) is 30.2 Å². The maximum absolute atomic E-state index is 9.18. The summed E-state index contributed by atoms with van der Waals surface area (Å²) in [7, 11) is 0. The number of hydrogen-bond acceptors (Lipinski definition) is 5. The van der Waals surface area contributed by atoms with Gasteiger partial charge in [-0.1, -0.05) is 0 Å². The van der Waals surface area contributed by atoms with Crippen LogP contribution in [0.5, 0.6) is 0 Å². The molecule has 0 amide bonds. The van der Waals surface area contributed by atoms with Crippen LogP contribution in [0.1, 0.15) is 6.42 Å². The lowest BCUT2D eigenvalue weighted by molar-refractivity contribution is 0.0105. The number of hydrogen-bond donors (Lipinski definition) is 2. The molecule has 2 heterocycles. The van der Waals surface area contributed by atoms with E-state index in [1.807, 2.05) is 0 Å². The molecular weight excluding hydrogens is 256 g/mol. The summed E-state index contributed by atoms with van der Waals surface area (Å²) in [5.74, 6) is 0.387. The fourth-order valence-electron chi connectivity index (χ4n) is 1.69. The Bertz CT molecular complexity index is 587. The lowest BCUT2D eigenvalue weighted by Crippen LogP contribution is -2.09. The predicted octanol–water partition coefficient (Wildman–Crippen LogP) is 1.33. The van der Waals surface area contributed by atoms with E-state index < -0.39 is 0 Å².